The Morgan fingerprint density at radius 1 is 1.17 bits per heavy atom. The van der Waals surface area contributed by atoms with Gasteiger partial charge in [0.2, 0.25) is 0 Å². The number of fused-ring (bicyclic) bond motifs is 1. The summed E-state index contributed by atoms with van der Waals surface area (Å²) in [4.78, 5) is 26.8. The van der Waals surface area contributed by atoms with E-state index in [1.165, 1.54) is 21.7 Å². The van der Waals surface area contributed by atoms with Gasteiger partial charge in [-0.3, -0.25) is 19.2 Å². The van der Waals surface area contributed by atoms with E-state index in [0.29, 0.717) is 40.8 Å². The van der Waals surface area contributed by atoms with Crippen LogP contribution in [0, 0.1) is 5.92 Å². The van der Waals surface area contributed by atoms with Crippen molar-refractivity contribution in [1.82, 2.24) is 14.7 Å². The van der Waals surface area contributed by atoms with Gasteiger partial charge < -0.3 is 5.11 Å². The average Bonchev–Trinajstić information content (AvgIpc) is 3.48. The van der Waals surface area contributed by atoms with Crippen LogP contribution in [0.4, 0.5) is 18.0 Å². The maximum absolute atomic E-state index is 13.5. The van der Waals surface area contributed by atoms with Gasteiger partial charge in [0.25, 0.3) is 11.1 Å². The number of hydrogen-bond acceptors (Lipinski definition) is 5. The predicted molar refractivity (Wildman–Crippen MR) is 131 cm³/mol. The Bertz CT molecular complexity index is 1390. The predicted octanol–water partition coefficient (Wildman–Crippen LogP) is 5.95. The van der Waals surface area contributed by atoms with Crippen molar-refractivity contribution in [2.75, 3.05) is 6.54 Å². The Morgan fingerprint density at radius 2 is 1.97 bits per heavy atom. The minimum absolute atomic E-state index is 0.00582. The number of halogens is 4. The Labute approximate surface area is 213 Å². The van der Waals surface area contributed by atoms with Crippen LogP contribution >= 0.6 is 23.4 Å². The number of alkyl halides is 3. The summed E-state index contributed by atoms with van der Waals surface area (Å²) < 4.78 is 41.9. The number of carbonyl (C=O) groups excluding carboxylic acids is 2. The van der Waals surface area contributed by atoms with Gasteiger partial charge >= 0.3 is 6.18 Å². The quantitative estimate of drug-likeness (QED) is 0.408. The molecule has 3 aromatic rings. The Hall–Kier alpha value is -2.82. The largest absolute Gasteiger partial charge is 0.416 e. The van der Waals surface area contributed by atoms with Crippen molar-refractivity contribution in [1.29, 1.82) is 0 Å². The van der Waals surface area contributed by atoms with Crippen LogP contribution in [-0.2, 0) is 17.5 Å². The number of aliphatic hydroxyl groups excluding tert-OH is 1. The lowest BCUT2D eigenvalue weighted by Gasteiger charge is -2.17. The van der Waals surface area contributed by atoms with Crippen molar-refractivity contribution in [3.8, 4) is 0 Å². The number of thioether (sulfide) groups is 1. The van der Waals surface area contributed by atoms with Crippen molar-refractivity contribution in [2.45, 2.75) is 38.1 Å². The van der Waals surface area contributed by atoms with E-state index in [9.17, 15) is 27.9 Å². The molecule has 0 bridgehead atoms. The second kappa shape index (κ2) is 9.57. The van der Waals surface area contributed by atoms with Crippen molar-refractivity contribution >= 4 is 51.5 Å². The van der Waals surface area contributed by atoms with E-state index in [-0.39, 0.29) is 40.3 Å². The van der Waals surface area contributed by atoms with Crippen LogP contribution in [0.25, 0.3) is 17.0 Å². The number of aromatic nitrogens is 2. The first-order valence-electron chi connectivity index (χ1n) is 11.3. The first-order chi connectivity index (χ1) is 17.1. The number of rotatable bonds is 5. The second-order valence-electron chi connectivity index (χ2n) is 9.04. The molecule has 5 rings (SSSR count). The van der Waals surface area contributed by atoms with Gasteiger partial charge in [-0.05, 0) is 78.4 Å². The maximum atomic E-state index is 13.5. The highest BCUT2D eigenvalue weighted by Gasteiger charge is 2.38. The lowest BCUT2D eigenvalue weighted by atomic mass is 10.1. The van der Waals surface area contributed by atoms with E-state index >= 15 is 0 Å². The fraction of sp³-hybridized carbons (Fsp3) is 0.320. The number of carbonyl (C=O) groups is 2. The molecule has 0 spiro atoms. The highest BCUT2D eigenvalue weighted by Crippen LogP contribution is 2.36. The molecule has 2 fully saturated rings. The summed E-state index contributed by atoms with van der Waals surface area (Å²) in [6.07, 6.45) is 0.305. The molecule has 1 aromatic heterocycles. The van der Waals surface area contributed by atoms with E-state index in [0.717, 1.165) is 24.2 Å². The van der Waals surface area contributed by atoms with Crippen molar-refractivity contribution in [3.05, 3.63) is 69.2 Å². The first-order valence-corrected chi connectivity index (χ1v) is 12.5. The third-order valence-electron chi connectivity index (χ3n) is 6.49. The number of nitrogens with zero attached hydrogens (tertiary/aromatic N) is 3. The summed E-state index contributed by atoms with van der Waals surface area (Å²) in [6.45, 7) is 0.207. The molecule has 2 aromatic carbocycles. The molecule has 1 aliphatic carbocycles. The van der Waals surface area contributed by atoms with Crippen LogP contribution in [-0.4, -0.2) is 43.6 Å². The molecule has 0 unspecified atom stereocenters. The van der Waals surface area contributed by atoms with E-state index in [1.54, 1.807) is 30.5 Å². The molecule has 1 saturated carbocycles. The first kappa shape index (κ1) is 24.9. The molecule has 11 heteroatoms. The van der Waals surface area contributed by atoms with Gasteiger partial charge in [0.15, 0.2) is 0 Å². The zero-order valence-corrected chi connectivity index (χ0v) is 20.4. The lowest BCUT2D eigenvalue weighted by molar-refractivity contribution is -0.138. The molecule has 1 N–H and O–H groups in total. The van der Waals surface area contributed by atoms with Crippen LogP contribution in [0.3, 0.4) is 0 Å². The zero-order chi connectivity index (χ0) is 25.6. The lowest BCUT2D eigenvalue weighted by Crippen LogP contribution is -2.32. The summed E-state index contributed by atoms with van der Waals surface area (Å²) in [5, 5.41) is 14.3. The van der Waals surface area contributed by atoms with Crippen LogP contribution in [0.1, 0.15) is 36.0 Å². The van der Waals surface area contributed by atoms with Gasteiger partial charge in [-0.15, -0.1) is 0 Å². The van der Waals surface area contributed by atoms with E-state index < -0.39 is 11.7 Å². The fourth-order valence-corrected chi connectivity index (χ4v) is 5.73. The van der Waals surface area contributed by atoms with Gasteiger partial charge in [-0.1, -0.05) is 23.7 Å². The monoisotopic (exact) mass is 535 g/mol. The minimum Gasteiger partial charge on any atom is -0.393 e. The molecule has 36 heavy (non-hydrogen) atoms. The molecule has 2 atom stereocenters. The van der Waals surface area contributed by atoms with Crippen LogP contribution in [0.2, 0.25) is 5.02 Å². The van der Waals surface area contributed by atoms with E-state index in [1.807, 2.05) is 0 Å². The SMILES string of the molecule is O=C1S/C(=C\c2ccc3c(cnn3Cc3ccc(Cl)cc3C(F)(F)F)c2)C(=O)N1C[C@H]1CC[C@H](O)C1. The molecule has 6 nitrogen and oxygen atoms in total. The number of aliphatic hydroxyl groups is 1. The van der Waals surface area contributed by atoms with Crippen molar-refractivity contribution in [3.63, 3.8) is 0 Å². The fourth-order valence-electron chi connectivity index (χ4n) is 4.71. The van der Waals surface area contributed by atoms with Gasteiger partial charge in [0.1, 0.15) is 0 Å². The van der Waals surface area contributed by atoms with Gasteiger partial charge in [0.05, 0.1) is 34.8 Å². The normalized spacial score (nSPS) is 21.9. The van der Waals surface area contributed by atoms with Gasteiger partial charge in [-0.2, -0.15) is 18.3 Å². The number of imide groups is 1. The van der Waals surface area contributed by atoms with Gasteiger partial charge in [0, 0.05) is 17.0 Å². The second-order valence-corrected chi connectivity index (χ2v) is 10.5. The third-order valence-corrected chi connectivity index (χ3v) is 7.63. The summed E-state index contributed by atoms with van der Waals surface area (Å²) >= 11 is 6.65. The number of benzene rings is 2. The maximum Gasteiger partial charge on any atom is 0.416 e. The third kappa shape index (κ3) is 5.02. The number of hydrogen-bond donors (Lipinski definition) is 1. The molecule has 2 heterocycles. The average molecular weight is 536 g/mol. The summed E-state index contributed by atoms with van der Waals surface area (Å²) in [7, 11) is 0. The Morgan fingerprint density at radius 3 is 2.69 bits per heavy atom. The standard InChI is InChI=1S/C25H21ClF3N3O3S/c26-18-4-3-16(20(10-18)25(27,28)29)13-32-21-6-2-14(7-17(21)11-30-32)9-22-23(34)31(24(35)36-22)12-15-1-5-19(33)8-15/h2-4,6-7,9-11,15,19,33H,1,5,8,12-13H2/b22-9-/t15-,19-/m0/s1. The van der Waals surface area contributed by atoms with Gasteiger partial charge in [-0.25, -0.2) is 0 Å². The van der Waals surface area contributed by atoms with Crippen molar-refractivity contribution in [2.24, 2.45) is 5.92 Å². The van der Waals surface area contributed by atoms with Crippen LogP contribution < -0.4 is 0 Å². The highest BCUT2D eigenvalue weighted by molar-refractivity contribution is 8.18. The molecular formula is C25H21ClF3N3O3S. The van der Waals surface area contributed by atoms with E-state index in [4.69, 9.17) is 11.6 Å². The Balaban J connectivity index is 1.36. The molecule has 2 aliphatic rings. The molecule has 188 valence electrons. The molecule has 0 radical (unpaired) electrons. The Kier molecular flexibility index (Phi) is 6.61. The molecule has 2 amide bonds. The summed E-state index contributed by atoms with van der Waals surface area (Å²) in [5.41, 5.74) is 0.539. The minimum atomic E-state index is -4.54. The van der Waals surface area contributed by atoms with E-state index in [2.05, 4.69) is 5.10 Å². The topological polar surface area (TPSA) is 75.4 Å². The zero-order valence-electron chi connectivity index (χ0n) is 18.8. The molecule has 1 saturated heterocycles. The number of amides is 2. The summed E-state index contributed by atoms with van der Waals surface area (Å²) in [6, 6.07) is 8.89. The van der Waals surface area contributed by atoms with Crippen LogP contribution in [0.15, 0.2) is 47.5 Å². The summed E-state index contributed by atoms with van der Waals surface area (Å²) in [5.74, 6) is -0.252. The molecular weight excluding hydrogens is 515 g/mol. The van der Waals surface area contributed by atoms with Crippen molar-refractivity contribution < 1.29 is 27.9 Å². The molecule has 1 aliphatic heterocycles. The van der Waals surface area contributed by atoms with Crippen LogP contribution in [0.5, 0.6) is 0 Å². The smallest absolute Gasteiger partial charge is 0.393 e. The highest BCUT2D eigenvalue weighted by atomic mass is 35.5.